The zero-order valence-electron chi connectivity index (χ0n) is 35.8. The van der Waals surface area contributed by atoms with Gasteiger partial charge in [0, 0.05) is 72.1 Å². The maximum Gasteiger partial charge on any atom is 0.336 e. The number of unbranched alkanes of at least 4 members (excludes halogenated alkanes) is 2. The summed E-state index contributed by atoms with van der Waals surface area (Å²) < 4.78 is 19.4. The van der Waals surface area contributed by atoms with Crippen molar-refractivity contribution in [2.75, 3.05) is 38.1 Å². The predicted molar refractivity (Wildman–Crippen MR) is 252 cm³/mol. The number of hydrogen-bond acceptors (Lipinski definition) is 10. The van der Waals surface area contributed by atoms with Crippen LogP contribution in [0, 0.1) is 25.7 Å². The van der Waals surface area contributed by atoms with Gasteiger partial charge in [-0.25, -0.2) is 9.59 Å². The standard InChI is InChI=1S/C45H53N6O9P3/c1-5-46-35-22-37-33(19-26(35)3)41(34-20-27(4)36(47-6-2)23-38(34)60-37)32-21-28(13-15-31(32)44(55)56)42(53)49-17-9-7-8-12-39(52)48-18-10-11-29-24-51(45(57)50-43(29)54)40-16-14-30(59-40)25-58-63(61)62/h13,15,19-24,30,40,46H,5-9,12,14,16-18,25,61-62H2,1-4H3,(H,48,52)(H,49,53)(H,55,56)(H,50,54,57)/t30-,40+/m0/s1. The van der Waals surface area contributed by atoms with Crippen molar-refractivity contribution in [1.82, 2.24) is 20.2 Å². The van der Waals surface area contributed by atoms with Crippen LogP contribution in [-0.4, -0.2) is 71.3 Å². The Morgan fingerprint density at radius 1 is 1.02 bits per heavy atom. The number of carboxylic acid groups (broad SMARTS) is 1. The molecule has 0 saturated carbocycles. The number of fused-ring (bicyclic) bond motifs is 2. The van der Waals surface area contributed by atoms with E-state index < -0.39 is 31.0 Å². The molecule has 2 aromatic carbocycles. The van der Waals surface area contributed by atoms with E-state index in [0.29, 0.717) is 97.3 Å². The first kappa shape index (κ1) is 47.3. The van der Waals surface area contributed by atoms with Gasteiger partial charge in [-0.3, -0.25) is 28.9 Å². The number of carbonyl (C=O) groups excluding carboxylic acids is 2. The van der Waals surface area contributed by atoms with Gasteiger partial charge in [-0.15, -0.1) is 0 Å². The molecular formula is C45H53N6O9P3. The molecule has 2 aliphatic heterocycles. The molecule has 6 rings (SSSR count). The molecule has 4 atom stereocenters. The molecule has 2 amide bonds. The van der Waals surface area contributed by atoms with E-state index in [1.54, 1.807) is 6.07 Å². The Hall–Kier alpha value is -5.21. The molecule has 1 fully saturated rings. The van der Waals surface area contributed by atoms with E-state index in [1.165, 1.54) is 22.9 Å². The lowest BCUT2D eigenvalue weighted by Gasteiger charge is -2.20. The van der Waals surface area contributed by atoms with E-state index in [9.17, 15) is 29.1 Å². The van der Waals surface area contributed by atoms with Crippen molar-refractivity contribution in [2.24, 2.45) is 4.99 Å². The second kappa shape index (κ2) is 21.9. The van der Waals surface area contributed by atoms with Gasteiger partial charge >= 0.3 is 11.7 Å². The third kappa shape index (κ3) is 11.9. The summed E-state index contributed by atoms with van der Waals surface area (Å²) in [5.41, 5.74) is 4.30. The lowest BCUT2D eigenvalue weighted by Crippen LogP contribution is -2.33. The van der Waals surface area contributed by atoms with Crippen molar-refractivity contribution in [3.63, 3.8) is 0 Å². The molecule has 1 aliphatic carbocycles. The lowest BCUT2D eigenvalue weighted by atomic mass is 9.88. The monoisotopic (exact) mass is 914 g/mol. The molecule has 63 heavy (non-hydrogen) atoms. The van der Waals surface area contributed by atoms with Crippen LogP contribution in [0.15, 0.2) is 67.7 Å². The number of H-pyrrole nitrogens is 1. The highest BCUT2D eigenvalue weighted by Crippen LogP contribution is 2.54. The molecule has 2 unspecified atom stereocenters. The molecular weight excluding hydrogens is 861 g/mol. The minimum Gasteiger partial charge on any atom is -0.478 e. The molecule has 18 heteroatoms. The molecule has 0 bridgehead atoms. The summed E-state index contributed by atoms with van der Waals surface area (Å²) in [4.78, 5) is 70.6. The Morgan fingerprint density at radius 3 is 2.57 bits per heavy atom. The summed E-state index contributed by atoms with van der Waals surface area (Å²) in [5, 5.41) is 20.9. The number of hydrogen-bond donors (Lipinski definition) is 5. The number of aryl methyl sites for hydroxylation is 2. The summed E-state index contributed by atoms with van der Waals surface area (Å²) in [6.07, 6.45) is 4.06. The number of aromatic carboxylic acids is 1. The van der Waals surface area contributed by atoms with E-state index in [1.807, 2.05) is 52.0 Å². The third-order valence-corrected chi connectivity index (χ3v) is 11.9. The van der Waals surface area contributed by atoms with Gasteiger partial charge in [-0.05, 0) is 100 Å². The SMILES string of the molecule is CCN=c1cc2oc3cc(NCC)c(C)cc3c(-c3cc(C(=O)NCCCCCC(=O)NCC#Cc4cn([C@H]5CC[C@@H](COP(P)P)O5)c(=O)[nH]c4=O)ccc3C(=O)O)c-2cc1C. The highest BCUT2D eigenvalue weighted by Gasteiger charge is 2.28. The Bertz CT molecular complexity index is 2740. The number of carboxylic acids is 1. The number of amides is 2. The van der Waals surface area contributed by atoms with Crippen LogP contribution in [0.4, 0.5) is 5.69 Å². The topological polar surface area (TPSA) is 206 Å². The van der Waals surface area contributed by atoms with Gasteiger partial charge in [0.15, 0.2) is 0 Å². The third-order valence-electron chi connectivity index (χ3n) is 10.6. The summed E-state index contributed by atoms with van der Waals surface area (Å²) in [5.74, 6) is 4.38. The van der Waals surface area contributed by atoms with E-state index in [-0.39, 0.29) is 42.0 Å². The maximum absolute atomic E-state index is 13.5. The summed E-state index contributed by atoms with van der Waals surface area (Å²) in [6, 6.07) is 12.3. The quantitative estimate of drug-likeness (QED) is 0.0284. The number of nitrogens with zero attached hydrogens (tertiary/aromatic N) is 2. The normalized spacial score (nSPS) is 15.1. The molecule has 3 aromatic rings. The number of benzene rings is 3. The minimum atomic E-state index is -1.12. The van der Waals surface area contributed by atoms with Gasteiger partial charge in [-0.1, -0.05) is 36.1 Å². The van der Waals surface area contributed by atoms with Gasteiger partial charge in [0.1, 0.15) is 23.1 Å². The van der Waals surface area contributed by atoms with Gasteiger partial charge in [-0.2, -0.15) is 0 Å². The van der Waals surface area contributed by atoms with E-state index in [0.717, 1.165) is 22.2 Å². The van der Waals surface area contributed by atoms with Crippen molar-refractivity contribution in [1.29, 1.82) is 0 Å². The van der Waals surface area contributed by atoms with Crippen LogP contribution in [0.5, 0.6) is 0 Å². The number of aromatic amines is 1. The van der Waals surface area contributed by atoms with Gasteiger partial charge in [0.05, 0.1) is 37.7 Å². The Morgan fingerprint density at radius 2 is 1.83 bits per heavy atom. The van der Waals surface area contributed by atoms with Gasteiger partial charge in [0.2, 0.25) is 5.91 Å². The van der Waals surface area contributed by atoms with E-state index >= 15 is 0 Å². The molecule has 1 aromatic heterocycles. The maximum atomic E-state index is 13.5. The van der Waals surface area contributed by atoms with Crippen molar-refractivity contribution in [3.8, 4) is 34.3 Å². The van der Waals surface area contributed by atoms with Crippen molar-refractivity contribution >= 4 is 59.8 Å². The van der Waals surface area contributed by atoms with Crippen molar-refractivity contribution < 1.29 is 33.2 Å². The van der Waals surface area contributed by atoms with Crippen LogP contribution in [-0.2, 0) is 14.1 Å². The smallest absolute Gasteiger partial charge is 0.336 e. The molecule has 3 heterocycles. The first-order valence-corrected chi connectivity index (χ1v) is 25.4. The van der Waals surface area contributed by atoms with E-state index in [2.05, 4.69) is 55.6 Å². The van der Waals surface area contributed by atoms with Crippen LogP contribution in [0.1, 0.15) is 96.0 Å². The zero-order chi connectivity index (χ0) is 45.2. The fourth-order valence-electron chi connectivity index (χ4n) is 7.51. The number of aromatic nitrogens is 2. The van der Waals surface area contributed by atoms with Crippen LogP contribution in [0.2, 0.25) is 0 Å². The molecule has 15 nitrogen and oxygen atoms in total. The average molecular weight is 915 g/mol. The average Bonchev–Trinajstić information content (AvgIpc) is 3.72. The van der Waals surface area contributed by atoms with E-state index in [4.69, 9.17) is 13.7 Å². The second-order valence-corrected chi connectivity index (χ2v) is 21.0. The fraction of sp³-hybridized carbons (Fsp3) is 0.378. The predicted octanol–water partition coefficient (Wildman–Crippen LogP) is 6.85. The first-order valence-electron chi connectivity index (χ1n) is 20.9. The number of ether oxygens (including phenoxy) is 1. The largest absolute Gasteiger partial charge is 0.478 e. The molecule has 3 aliphatic rings. The molecule has 332 valence electrons. The summed E-state index contributed by atoms with van der Waals surface area (Å²) in [7, 11) is 4.48. The zero-order valence-corrected chi connectivity index (χ0v) is 39.0. The molecule has 5 N–H and O–H groups in total. The molecule has 0 spiro atoms. The Labute approximate surface area is 370 Å². The van der Waals surface area contributed by atoms with Gasteiger partial charge in [0.25, 0.3) is 11.5 Å². The van der Waals surface area contributed by atoms with Crippen LogP contribution < -0.4 is 32.6 Å². The van der Waals surface area contributed by atoms with Crippen LogP contribution >= 0.6 is 25.4 Å². The van der Waals surface area contributed by atoms with Crippen molar-refractivity contribution in [3.05, 3.63) is 103 Å². The van der Waals surface area contributed by atoms with Crippen molar-refractivity contribution in [2.45, 2.75) is 78.6 Å². The lowest BCUT2D eigenvalue weighted by molar-refractivity contribution is -0.120. The highest BCUT2D eigenvalue weighted by atomic mass is 32.4. The highest BCUT2D eigenvalue weighted by molar-refractivity contribution is 8.41. The number of anilines is 1. The minimum absolute atomic E-state index is 0.0118. The first-order chi connectivity index (χ1) is 30.3. The number of nitrogens with one attached hydrogen (secondary N) is 4. The van der Waals surface area contributed by atoms with Crippen LogP contribution in [0.3, 0.4) is 0 Å². The van der Waals surface area contributed by atoms with Crippen LogP contribution in [0.25, 0.3) is 33.4 Å². The number of carbonyl (C=O) groups is 3. The second-order valence-electron chi connectivity index (χ2n) is 15.1. The molecule has 0 radical (unpaired) electrons. The number of rotatable bonds is 17. The summed E-state index contributed by atoms with van der Waals surface area (Å²) >= 11 is 0. The Kier molecular flexibility index (Phi) is 16.5. The summed E-state index contributed by atoms with van der Waals surface area (Å²) in [6.45, 7) is 9.96. The van der Waals surface area contributed by atoms with Gasteiger partial charge < -0.3 is 34.7 Å². The molecule has 1 saturated heterocycles. The Balaban J connectivity index is 1.06. The fourth-order valence-corrected chi connectivity index (χ4v) is 8.37.